The summed E-state index contributed by atoms with van der Waals surface area (Å²) in [5.41, 5.74) is 1.85. The molecule has 0 unspecified atom stereocenters. The lowest BCUT2D eigenvalue weighted by Gasteiger charge is -2.21. The topological polar surface area (TPSA) is 47.2 Å². The summed E-state index contributed by atoms with van der Waals surface area (Å²) >= 11 is 6.24. The van der Waals surface area contributed by atoms with Crippen molar-refractivity contribution in [1.82, 2.24) is 24.5 Å². The number of pyridine rings is 1. The highest BCUT2D eigenvalue weighted by atomic mass is 35.5. The van der Waals surface area contributed by atoms with Crippen molar-refractivity contribution in [3.63, 3.8) is 0 Å². The van der Waals surface area contributed by atoms with E-state index in [1.54, 1.807) is 6.20 Å². The predicted molar refractivity (Wildman–Crippen MR) is 83.4 cm³/mol. The van der Waals surface area contributed by atoms with Crippen LogP contribution in [0.5, 0.6) is 0 Å². The average Bonchev–Trinajstić information content (AvgIpc) is 3.11. The van der Waals surface area contributed by atoms with Crippen LogP contribution < -0.4 is 5.32 Å². The highest BCUT2D eigenvalue weighted by Crippen LogP contribution is 2.18. The molecule has 5 nitrogen and oxygen atoms in total. The van der Waals surface area contributed by atoms with Crippen LogP contribution in [0.15, 0.2) is 42.9 Å². The zero-order valence-electron chi connectivity index (χ0n) is 12.1. The maximum atomic E-state index is 6.24. The number of fused-ring (bicyclic) bond motifs is 1. The first-order valence-electron chi connectivity index (χ1n) is 7.01. The number of nitrogens with zero attached hydrogens (tertiary/aromatic N) is 4. The van der Waals surface area contributed by atoms with E-state index in [2.05, 4.69) is 29.2 Å². The van der Waals surface area contributed by atoms with Crippen LogP contribution in [0.4, 0.5) is 0 Å². The SMILES string of the molecule is C[C@H](NCc1c(Cl)nc2ccccn12)[C@@H](C)n1cccn1. The second-order valence-corrected chi connectivity index (χ2v) is 5.53. The maximum absolute atomic E-state index is 6.24. The number of halogens is 1. The third kappa shape index (κ3) is 2.80. The minimum absolute atomic E-state index is 0.259. The first-order valence-corrected chi connectivity index (χ1v) is 7.38. The average molecular weight is 304 g/mol. The van der Waals surface area contributed by atoms with Gasteiger partial charge in [0.05, 0.1) is 11.7 Å². The summed E-state index contributed by atoms with van der Waals surface area (Å²) in [6.45, 7) is 4.95. The zero-order chi connectivity index (χ0) is 14.8. The number of imidazole rings is 1. The minimum atomic E-state index is 0.259. The standard InChI is InChI=1S/C15H18ClN5/c1-11(12(2)21-9-5-7-18-21)17-10-13-15(16)19-14-6-3-4-8-20(13)14/h3-9,11-12,17H,10H2,1-2H3/t11-,12+/m0/s1. The lowest BCUT2D eigenvalue weighted by molar-refractivity contribution is 0.363. The van der Waals surface area contributed by atoms with Crippen molar-refractivity contribution in [2.75, 3.05) is 0 Å². The number of nitrogens with one attached hydrogen (secondary N) is 1. The third-order valence-corrected chi connectivity index (χ3v) is 4.14. The number of hydrogen-bond acceptors (Lipinski definition) is 3. The van der Waals surface area contributed by atoms with E-state index in [1.807, 2.05) is 45.7 Å². The van der Waals surface area contributed by atoms with Crippen molar-refractivity contribution in [2.24, 2.45) is 0 Å². The van der Waals surface area contributed by atoms with E-state index >= 15 is 0 Å². The van der Waals surface area contributed by atoms with Gasteiger partial charge in [0.25, 0.3) is 0 Å². The Morgan fingerprint density at radius 2 is 2.10 bits per heavy atom. The Labute approximate surface area is 128 Å². The fraction of sp³-hybridized carbons (Fsp3) is 0.333. The molecule has 0 aliphatic carbocycles. The molecule has 3 rings (SSSR count). The van der Waals surface area contributed by atoms with Crippen LogP contribution in [0, 0.1) is 0 Å². The fourth-order valence-electron chi connectivity index (χ4n) is 2.35. The molecule has 6 heteroatoms. The Bertz CT molecular complexity index is 719. The van der Waals surface area contributed by atoms with E-state index in [0.29, 0.717) is 11.7 Å². The van der Waals surface area contributed by atoms with Gasteiger partial charge in [0.2, 0.25) is 0 Å². The quantitative estimate of drug-likeness (QED) is 0.788. The highest BCUT2D eigenvalue weighted by Gasteiger charge is 2.16. The zero-order valence-corrected chi connectivity index (χ0v) is 12.8. The van der Waals surface area contributed by atoms with E-state index in [0.717, 1.165) is 11.3 Å². The number of aromatic nitrogens is 4. The molecule has 3 aromatic rings. The van der Waals surface area contributed by atoms with Crippen molar-refractivity contribution in [1.29, 1.82) is 0 Å². The van der Waals surface area contributed by atoms with Crippen molar-refractivity contribution < 1.29 is 0 Å². The van der Waals surface area contributed by atoms with Crippen LogP contribution in [0.3, 0.4) is 0 Å². The van der Waals surface area contributed by atoms with Crippen LogP contribution in [0.2, 0.25) is 5.15 Å². The smallest absolute Gasteiger partial charge is 0.152 e. The van der Waals surface area contributed by atoms with Crippen molar-refractivity contribution in [3.8, 4) is 0 Å². The van der Waals surface area contributed by atoms with Crippen LogP contribution in [-0.4, -0.2) is 25.2 Å². The molecular formula is C15H18ClN5. The molecule has 1 N–H and O–H groups in total. The summed E-state index contributed by atoms with van der Waals surface area (Å²) in [5, 5.41) is 8.33. The molecule has 0 saturated heterocycles. The second kappa shape index (κ2) is 5.87. The van der Waals surface area contributed by atoms with E-state index < -0.39 is 0 Å². The van der Waals surface area contributed by atoms with Gasteiger partial charge in [-0.15, -0.1) is 0 Å². The Morgan fingerprint density at radius 1 is 1.24 bits per heavy atom. The van der Waals surface area contributed by atoms with Crippen LogP contribution >= 0.6 is 11.6 Å². The summed E-state index contributed by atoms with van der Waals surface area (Å²) in [6.07, 6.45) is 5.75. The molecule has 3 heterocycles. The monoisotopic (exact) mass is 303 g/mol. The summed E-state index contributed by atoms with van der Waals surface area (Å²) in [4.78, 5) is 4.36. The van der Waals surface area contributed by atoms with E-state index in [4.69, 9.17) is 11.6 Å². The van der Waals surface area contributed by atoms with E-state index in [9.17, 15) is 0 Å². The Hall–Kier alpha value is -1.85. The minimum Gasteiger partial charge on any atom is -0.306 e. The first-order chi connectivity index (χ1) is 10.2. The summed E-state index contributed by atoms with van der Waals surface area (Å²) in [7, 11) is 0. The normalized spacial score (nSPS) is 14.4. The highest BCUT2D eigenvalue weighted by molar-refractivity contribution is 6.30. The van der Waals surface area contributed by atoms with Crippen molar-refractivity contribution in [2.45, 2.75) is 32.5 Å². The van der Waals surface area contributed by atoms with Crippen LogP contribution in [-0.2, 0) is 6.54 Å². The molecule has 0 radical (unpaired) electrons. The third-order valence-electron chi connectivity index (χ3n) is 3.84. The Balaban J connectivity index is 1.73. The summed E-state index contributed by atoms with van der Waals surface area (Å²) in [5.74, 6) is 0. The molecule has 0 aliphatic rings. The van der Waals surface area contributed by atoms with Crippen LogP contribution in [0.1, 0.15) is 25.6 Å². The molecule has 0 aromatic carbocycles. The first kappa shape index (κ1) is 14.1. The lowest BCUT2D eigenvalue weighted by Crippen LogP contribution is -2.33. The molecule has 0 spiro atoms. The van der Waals surface area contributed by atoms with Gasteiger partial charge in [0, 0.05) is 31.2 Å². The van der Waals surface area contributed by atoms with Gasteiger partial charge in [-0.25, -0.2) is 4.98 Å². The van der Waals surface area contributed by atoms with Gasteiger partial charge in [0.1, 0.15) is 5.65 Å². The van der Waals surface area contributed by atoms with Crippen LogP contribution in [0.25, 0.3) is 5.65 Å². The second-order valence-electron chi connectivity index (χ2n) is 5.17. The van der Waals surface area contributed by atoms with Gasteiger partial charge in [0.15, 0.2) is 5.15 Å². The maximum Gasteiger partial charge on any atom is 0.152 e. The molecule has 110 valence electrons. The number of hydrogen-bond donors (Lipinski definition) is 1. The summed E-state index contributed by atoms with van der Waals surface area (Å²) in [6, 6.07) is 8.34. The molecule has 0 saturated carbocycles. The van der Waals surface area contributed by atoms with Crippen molar-refractivity contribution >= 4 is 17.2 Å². The van der Waals surface area contributed by atoms with Gasteiger partial charge in [-0.1, -0.05) is 17.7 Å². The van der Waals surface area contributed by atoms with Gasteiger partial charge in [-0.2, -0.15) is 5.10 Å². The Kier molecular flexibility index (Phi) is 3.94. The van der Waals surface area contributed by atoms with Gasteiger partial charge < -0.3 is 9.72 Å². The van der Waals surface area contributed by atoms with Gasteiger partial charge in [-0.3, -0.25) is 4.68 Å². The molecule has 0 bridgehead atoms. The van der Waals surface area contributed by atoms with Gasteiger partial charge in [-0.05, 0) is 32.0 Å². The molecule has 0 amide bonds. The molecular weight excluding hydrogens is 286 g/mol. The molecule has 0 fully saturated rings. The van der Waals surface area contributed by atoms with Crippen molar-refractivity contribution in [3.05, 3.63) is 53.7 Å². The van der Waals surface area contributed by atoms with E-state index in [-0.39, 0.29) is 12.1 Å². The molecule has 2 atom stereocenters. The predicted octanol–water partition coefficient (Wildman–Crippen LogP) is 2.92. The summed E-state index contributed by atoms with van der Waals surface area (Å²) < 4.78 is 3.97. The van der Waals surface area contributed by atoms with Gasteiger partial charge >= 0.3 is 0 Å². The largest absolute Gasteiger partial charge is 0.306 e. The molecule has 21 heavy (non-hydrogen) atoms. The van der Waals surface area contributed by atoms with E-state index in [1.165, 1.54) is 0 Å². The number of rotatable bonds is 5. The lowest BCUT2D eigenvalue weighted by atomic mass is 10.1. The fourth-order valence-corrected chi connectivity index (χ4v) is 2.60. The Morgan fingerprint density at radius 3 is 2.86 bits per heavy atom. The molecule has 0 aliphatic heterocycles. The molecule has 3 aromatic heterocycles.